The Bertz CT molecular complexity index is 1110. The highest BCUT2D eigenvalue weighted by Gasteiger charge is 2.33. The van der Waals surface area contributed by atoms with Gasteiger partial charge >= 0.3 is 11.9 Å². The predicted molar refractivity (Wildman–Crippen MR) is 122 cm³/mol. The van der Waals surface area contributed by atoms with Crippen LogP contribution in [0.3, 0.4) is 0 Å². The number of carbonyl (C=O) groups is 2. The van der Waals surface area contributed by atoms with Crippen LogP contribution in [0.1, 0.15) is 22.5 Å². The van der Waals surface area contributed by atoms with Gasteiger partial charge in [0.1, 0.15) is 5.75 Å². The zero-order valence-electron chi connectivity index (χ0n) is 17.0. The maximum atomic E-state index is 12.4. The summed E-state index contributed by atoms with van der Waals surface area (Å²) in [4.78, 5) is 22.8. The number of nitrogens with one attached hydrogen (secondary N) is 1. The fourth-order valence-corrected chi connectivity index (χ4v) is 6.62. The minimum Gasteiger partial charge on any atom is -0.479 e. The van der Waals surface area contributed by atoms with Crippen LogP contribution in [0.25, 0.3) is 10.4 Å². The number of carboxylic acid groups (broad SMARTS) is 2. The van der Waals surface area contributed by atoms with E-state index in [-0.39, 0.29) is 16.5 Å². The van der Waals surface area contributed by atoms with Crippen molar-refractivity contribution in [1.82, 2.24) is 5.32 Å². The molecule has 1 aromatic heterocycles. The van der Waals surface area contributed by atoms with Crippen molar-refractivity contribution < 1.29 is 37.7 Å². The molecule has 1 saturated heterocycles. The summed E-state index contributed by atoms with van der Waals surface area (Å²) in [7, 11) is -3.49. The van der Waals surface area contributed by atoms with Gasteiger partial charge in [0.05, 0.1) is 9.35 Å². The molecule has 3 rings (SSSR count). The molecule has 1 atom stereocenters. The van der Waals surface area contributed by atoms with Crippen molar-refractivity contribution in [3.05, 3.63) is 33.6 Å². The summed E-state index contributed by atoms with van der Waals surface area (Å²) in [6, 6.07) is 6.67. The molecular weight excluding hydrogens is 526 g/mol. The molecule has 1 fully saturated rings. The van der Waals surface area contributed by atoms with Gasteiger partial charge in [-0.25, -0.2) is 18.0 Å². The molecule has 0 aliphatic carbocycles. The van der Waals surface area contributed by atoms with E-state index in [2.05, 4.69) is 21.2 Å². The molecule has 174 valence electrons. The highest BCUT2D eigenvalue weighted by molar-refractivity contribution is 9.10. The predicted octanol–water partition coefficient (Wildman–Crippen LogP) is 3.09. The van der Waals surface area contributed by atoms with Gasteiger partial charge in [-0.3, -0.25) is 0 Å². The largest absolute Gasteiger partial charge is 0.479 e. The Morgan fingerprint density at radius 3 is 2.56 bits per heavy atom. The molecule has 1 unspecified atom stereocenters. The van der Waals surface area contributed by atoms with Crippen LogP contribution in [0.2, 0.25) is 0 Å². The molecule has 9 nitrogen and oxygen atoms in total. The number of piperidine rings is 1. The molecule has 2 aromatic rings. The number of hydrogen-bond donors (Lipinski definition) is 3. The third-order valence-corrected chi connectivity index (χ3v) is 8.43. The number of carboxylic acids is 2. The second kappa shape index (κ2) is 10.2. The molecule has 0 amide bonds. The highest BCUT2D eigenvalue weighted by Crippen LogP contribution is 2.46. The minimum atomic E-state index is -3.49. The van der Waals surface area contributed by atoms with E-state index in [0.717, 1.165) is 30.7 Å². The molecule has 32 heavy (non-hydrogen) atoms. The molecule has 12 heteroatoms. The van der Waals surface area contributed by atoms with Gasteiger partial charge in [0, 0.05) is 12.2 Å². The second-order valence-electron chi connectivity index (χ2n) is 7.32. The van der Waals surface area contributed by atoms with Gasteiger partial charge in [-0.05, 0) is 59.6 Å². The van der Waals surface area contributed by atoms with Crippen LogP contribution in [0.15, 0.2) is 28.7 Å². The fourth-order valence-electron chi connectivity index (χ4n) is 3.48. The number of rotatable bonds is 9. The smallest absolute Gasteiger partial charge is 0.349 e. The van der Waals surface area contributed by atoms with Gasteiger partial charge in [0.25, 0.3) is 0 Å². The van der Waals surface area contributed by atoms with Crippen LogP contribution in [-0.4, -0.2) is 62.0 Å². The van der Waals surface area contributed by atoms with Crippen molar-refractivity contribution in [3.8, 4) is 21.9 Å². The van der Waals surface area contributed by atoms with E-state index in [9.17, 15) is 23.1 Å². The van der Waals surface area contributed by atoms with E-state index in [4.69, 9.17) is 14.6 Å². The van der Waals surface area contributed by atoms with Crippen molar-refractivity contribution >= 4 is 49.0 Å². The number of benzene rings is 1. The number of aromatic carboxylic acids is 1. The summed E-state index contributed by atoms with van der Waals surface area (Å²) < 4.78 is 36.2. The Hall–Kier alpha value is -2.15. The standard InChI is InChI=1S/C20H22BrNO8S2/c1-32(27,28)20(11-5-7-22-8-6-11)30-13-4-2-3-12(9-13)17-15(21)16(29-10-14(23)24)18(31-17)19(25)26/h2-4,9,11,20,22H,5-8,10H2,1H3,(H,23,24)(H,25,26). The summed E-state index contributed by atoms with van der Waals surface area (Å²) in [6.07, 6.45) is 2.52. The Morgan fingerprint density at radius 1 is 1.28 bits per heavy atom. The Balaban J connectivity index is 1.94. The molecule has 2 heterocycles. The van der Waals surface area contributed by atoms with E-state index in [0.29, 0.717) is 33.5 Å². The maximum absolute atomic E-state index is 12.4. The number of aliphatic carboxylic acids is 1. The molecule has 1 aliphatic heterocycles. The average molecular weight is 548 g/mol. The first-order valence-corrected chi connectivity index (χ1v) is 13.2. The van der Waals surface area contributed by atoms with Crippen LogP contribution >= 0.6 is 27.3 Å². The summed E-state index contributed by atoms with van der Waals surface area (Å²) in [5.41, 5.74) is -0.416. The van der Waals surface area contributed by atoms with Crippen molar-refractivity contribution in [2.45, 2.75) is 18.3 Å². The van der Waals surface area contributed by atoms with Gasteiger partial charge in [-0.1, -0.05) is 12.1 Å². The number of ether oxygens (including phenoxy) is 2. The quantitative estimate of drug-likeness (QED) is 0.431. The first-order valence-electron chi connectivity index (χ1n) is 9.64. The third kappa shape index (κ3) is 5.80. The molecule has 0 radical (unpaired) electrons. The fraction of sp³-hybridized carbons (Fsp3) is 0.400. The van der Waals surface area contributed by atoms with Gasteiger partial charge in [0.2, 0.25) is 5.44 Å². The number of thiophene rings is 1. The number of halogens is 1. The van der Waals surface area contributed by atoms with Crippen LogP contribution in [-0.2, 0) is 14.6 Å². The first-order chi connectivity index (χ1) is 15.1. The van der Waals surface area contributed by atoms with Gasteiger partial charge in [-0.15, -0.1) is 11.3 Å². The molecule has 1 aromatic carbocycles. The zero-order chi connectivity index (χ0) is 23.5. The minimum absolute atomic E-state index is 0.0741. The SMILES string of the molecule is CS(=O)(=O)C(Oc1cccc(-c2sc(C(=O)O)c(OCC(=O)O)c2Br)c1)C1CCNCC1. The van der Waals surface area contributed by atoms with Crippen molar-refractivity contribution in [1.29, 1.82) is 0 Å². The maximum Gasteiger partial charge on any atom is 0.349 e. The Labute approximate surface area is 197 Å². The van der Waals surface area contributed by atoms with Crippen LogP contribution < -0.4 is 14.8 Å². The topological polar surface area (TPSA) is 139 Å². The third-order valence-electron chi connectivity index (χ3n) is 4.88. The van der Waals surface area contributed by atoms with Crippen molar-refractivity contribution in [2.75, 3.05) is 26.0 Å². The van der Waals surface area contributed by atoms with E-state index < -0.39 is 33.8 Å². The van der Waals surface area contributed by atoms with Crippen LogP contribution in [0, 0.1) is 5.92 Å². The molecular formula is C20H22BrNO8S2. The van der Waals surface area contributed by atoms with E-state index in [1.807, 2.05) is 0 Å². The lowest BCUT2D eigenvalue weighted by molar-refractivity contribution is -0.139. The lowest BCUT2D eigenvalue weighted by Gasteiger charge is -2.29. The number of sulfone groups is 1. The zero-order valence-corrected chi connectivity index (χ0v) is 20.3. The van der Waals surface area contributed by atoms with Crippen molar-refractivity contribution in [2.24, 2.45) is 5.92 Å². The van der Waals surface area contributed by atoms with E-state index in [1.54, 1.807) is 24.3 Å². The Kier molecular flexibility index (Phi) is 7.80. The van der Waals surface area contributed by atoms with Gasteiger partial charge in [0.15, 0.2) is 27.1 Å². The first kappa shape index (κ1) is 24.5. The number of hydrogen-bond acceptors (Lipinski definition) is 8. The van der Waals surface area contributed by atoms with Gasteiger partial charge < -0.3 is 25.0 Å². The molecule has 0 saturated carbocycles. The van der Waals surface area contributed by atoms with Crippen LogP contribution in [0.4, 0.5) is 0 Å². The second-order valence-corrected chi connectivity index (χ2v) is 11.3. The highest BCUT2D eigenvalue weighted by atomic mass is 79.9. The lowest BCUT2D eigenvalue weighted by atomic mass is 9.99. The molecule has 1 aliphatic rings. The molecule has 3 N–H and O–H groups in total. The Morgan fingerprint density at radius 2 is 1.97 bits per heavy atom. The summed E-state index contributed by atoms with van der Waals surface area (Å²) >= 11 is 4.23. The average Bonchev–Trinajstić information content (AvgIpc) is 3.07. The van der Waals surface area contributed by atoms with Crippen molar-refractivity contribution in [3.63, 3.8) is 0 Å². The summed E-state index contributed by atoms with van der Waals surface area (Å²) in [5.74, 6) is -2.37. The monoisotopic (exact) mass is 547 g/mol. The summed E-state index contributed by atoms with van der Waals surface area (Å²) in [5, 5.41) is 21.6. The normalized spacial score (nSPS) is 15.8. The van der Waals surface area contributed by atoms with Gasteiger partial charge in [-0.2, -0.15) is 0 Å². The van der Waals surface area contributed by atoms with Crippen LogP contribution in [0.5, 0.6) is 11.5 Å². The molecule has 0 spiro atoms. The van der Waals surface area contributed by atoms with E-state index in [1.165, 1.54) is 0 Å². The summed E-state index contributed by atoms with van der Waals surface area (Å²) in [6.45, 7) is 0.753. The molecule has 0 bridgehead atoms. The van der Waals surface area contributed by atoms with E-state index >= 15 is 0 Å². The lowest BCUT2D eigenvalue weighted by Crippen LogP contribution is -2.41.